The van der Waals surface area contributed by atoms with Crippen molar-refractivity contribution in [2.45, 2.75) is 33.0 Å². The molecule has 0 aliphatic heterocycles. The van der Waals surface area contributed by atoms with E-state index >= 15 is 0 Å². The highest BCUT2D eigenvalue weighted by Gasteiger charge is 2.23. The van der Waals surface area contributed by atoms with E-state index in [0.29, 0.717) is 0 Å². The molecule has 0 aromatic heterocycles. The van der Waals surface area contributed by atoms with Crippen LogP contribution in [0.15, 0.2) is 18.2 Å². The maximum Gasteiger partial charge on any atom is 0.347 e. The van der Waals surface area contributed by atoms with E-state index in [1.165, 1.54) is 13.0 Å². The van der Waals surface area contributed by atoms with Crippen LogP contribution in [0.1, 0.15) is 31.1 Å². The van der Waals surface area contributed by atoms with E-state index in [1.807, 2.05) is 0 Å². The van der Waals surface area contributed by atoms with E-state index < -0.39 is 23.0 Å². The predicted octanol–water partition coefficient (Wildman–Crippen LogP) is 2.75. The second-order valence-corrected chi connectivity index (χ2v) is 4.86. The first-order chi connectivity index (χ1) is 9.72. The molecule has 21 heavy (non-hydrogen) atoms. The zero-order valence-electron chi connectivity index (χ0n) is 11.7. The van der Waals surface area contributed by atoms with Crippen LogP contribution in [0.5, 0.6) is 0 Å². The molecule has 0 bridgehead atoms. The highest BCUT2D eigenvalue weighted by Crippen LogP contribution is 2.23. The number of esters is 2. The fraction of sp³-hybridized carbons (Fsp3) is 0.385. The predicted molar refractivity (Wildman–Crippen MR) is 74.2 cm³/mol. The van der Waals surface area contributed by atoms with Gasteiger partial charge in [0.25, 0.3) is 5.69 Å². The van der Waals surface area contributed by atoms with Gasteiger partial charge in [0, 0.05) is 12.1 Å². The van der Waals surface area contributed by atoms with E-state index in [1.54, 1.807) is 13.8 Å². The van der Waals surface area contributed by atoms with Gasteiger partial charge in [-0.1, -0.05) is 11.6 Å². The monoisotopic (exact) mass is 315 g/mol. The minimum absolute atomic E-state index is 0.0635. The fourth-order valence-electron chi connectivity index (χ4n) is 1.38. The third-order valence-electron chi connectivity index (χ3n) is 2.35. The SMILES string of the molecule is CC(C)OC(=O)[C@@H](C)OC(=O)c1ccc([N+](=O)[O-])cc1Cl. The van der Waals surface area contributed by atoms with Crippen LogP contribution >= 0.6 is 11.6 Å². The minimum atomic E-state index is -1.11. The Hall–Kier alpha value is -2.15. The molecule has 0 aliphatic rings. The molecule has 0 amide bonds. The summed E-state index contributed by atoms with van der Waals surface area (Å²) in [6.45, 7) is 4.70. The van der Waals surface area contributed by atoms with Crippen LogP contribution in [-0.4, -0.2) is 29.1 Å². The molecular weight excluding hydrogens is 302 g/mol. The third-order valence-corrected chi connectivity index (χ3v) is 2.66. The number of benzene rings is 1. The number of rotatable bonds is 5. The Kier molecular flexibility index (Phi) is 5.66. The number of nitro groups is 1. The fourth-order valence-corrected chi connectivity index (χ4v) is 1.64. The van der Waals surface area contributed by atoms with Crippen LogP contribution in [0.25, 0.3) is 0 Å². The van der Waals surface area contributed by atoms with Crippen LogP contribution in [0.2, 0.25) is 5.02 Å². The number of carbonyl (C=O) groups is 2. The van der Waals surface area contributed by atoms with Gasteiger partial charge in [-0.25, -0.2) is 9.59 Å². The van der Waals surface area contributed by atoms with Gasteiger partial charge in [0.2, 0.25) is 0 Å². The Morgan fingerprint density at radius 3 is 2.33 bits per heavy atom. The molecule has 0 unspecified atom stereocenters. The topological polar surface area (TPSA) is 95.7 Å². The van der Waals surface area contributed by atoms with Crippen molar-refractivity contribution in [1.82, 2.24) is 0 Å². The molecule has 1 aromatic carbocycles. The first kappa shape index (κ1) is 16.9. The normalized spacial score (nSPS) is 11.9. The number of ether oxygens (including phenoxy) is 2. The molecule has 1 atom stereocenters. The first-order valence-electron chi connectivity index (χ1n) is 6.07. The molecule has 0 saturated heterocycles. The second-order valence-electron chi connectivity index (χ2n) is 4.45. The number of non-ortho nitro benzene ring substituents is 1. The standard InChI is InChI=1S/C13H14ClNO6/c1-7(2)20-12(16)8(3)21-13(17)10-5-4-9(15(18)19)6-11(10)14/h4-8H,1-3H3/t8-/m1/s1. The van der Waals surface area contributed by atoms with Gasteiger partial charge in [-0.05, 0) is 26.8 Å². The second kappa shape index (κ2) is 7.03. The molecule has 0 spiro atoms. The minimum Gasteiger partial charge on any atom is -0.460 e. The van der Waals surface area contributed by atoms with Crippen molar-refractivity contribution in [2.75, 3.05) is 0 Å². The van der Waals surface area contributed by atoms with E-state index in [0.717, 1.165) is 12.1 Å². The summed E-state index contributed by atoms with van der Waals surface area (Å²) in [6.07, 6.45) is -1.44. The van der Waals surface area contributed by atoms with E-state index in [9.17, 15) is 19.7 Å². The van der Waals surface area contributed by atoms with Gasteiger partial charge in [0.1, 0.15) is 0 Å². The number of hydrogen-bond donors (Lipinski definition) is 0. The molecule has 0 aliphatic carbocycles. The average molecular weight is 316 g/mol. The Balaban J connectivity index is 2.80. The van der Waals surface area contributed by atoms with Crippen molar-refractivity contribution in [3.05, 3.63) is 38.9 Å². The molecule has 7 nitrogen and oxygen atoms in total. The van der Waals surface area contributed by atoms with Crippen molar-refractivity contribution < 1.29 is 24.0 Å². The quantitative estimate of drug-likeness (QED) is 0.471. The summed E-state index contributed by atoms with van der Waals surface area (Å²) in [5, 5.41) is 10.4. The lowest BCUT2D eigenvalue weighted by molar-refractivity contribution is -0.384. The molecule has 8 heteroatoms. The van der Waals surface area contributed by atoms with E-state index in [-0.39, 0.29) is 22.4 Å². The zero-order valence-corrected chi connectivity index (χ0v) is 12.4. The molecule has 1 rings (SSSR count). The molecule has 114 valence electrons. The maximum absolute atomic E-state index is 11.9. The molecule has 0 radical (unpaired) electrons. The van der Waals surface area contributed by atoms with Gasteiger partial charge in [-0.15, -0.1) is 0 Å². The lowest BCUT2D eigenvalue weighted by atomic mass is 10.2. The van der Waals surface area contributed by atoms with Crippen molar-refractivity contribution >= 4 is 29.2 Å². The van der Waals surface area contributed by atoms with E-state index in [2.05, 4.69) is 0 Å². The van der Waals surface area contributed by atoms with Crippen molar-refractivity contribution in [2.24, 2.45) is 0 Å². The molecule has 0 heterocycles. The van der Waals surface area contributed by atoms with Gasteiger partial charge in [0.15, 0.2) is 6.10 Å². The Bertz CT molecular complexity index is 572. The average Bonchev–Trinajstić information content (AvgIpc) is 2.37. The number of nitrogens with zero attached hydrogens (tertiary/aromatic N) is 1. The summed E-state index contributed by atoms with van der Waals surface area (Å²) < 4.78 is 9.80. The summed E-state index contributed by atoms with van der Waals surface area (Å²) in [5.74, 6) is -1.54. The Morgan fingerprint density at radius 2 is 1.86 bits per heavy atom. The van der Waals surface area contributed by atoms with Crippen LogP contribution in [0.3, 0.4) is 0 Å². The number of carbonyl (C=O) groups excluding carboxylic acids is 2. The van der Waals surface area contributed by atoms with Crippen LogP contribution in [-0.2, 0) is 14.3 Å². The summed E-state index contributed by atoms with van der Waals surface area (Å²) in [5.41, 5.74) is -0.310. The van der Waals surface area contributed by atoms with Crippen LogP contribution < -0.4 is 0 Å². The number of nitro benzene ring substituents is 1. The molecular formula is C13H14ClNO6. The van der Waals surface area contributed by atoms with Gasteiger partial charge in [-0.2, -0.15) is 0 Å². The van der Waals surface area contributed by atoms with Crippen molar-refractivity contribution in [3.63, 3.8) is 0 Å². The largest absolute Gasteiger partial charge is 0.460 e. The highest BCUT2D eigenvalue weighted by molar-refractivity contribution is 6.33. The summed E-state index contributed by atoms with van der Waals surface area (Å²) in [4.78, 5) is 33.3. The Morgan fingerprint density at radius 1 is 1.24 bits per heavy atom. The molecule has 1 aromatic rings. The van der Waals surface area contributed by atoms with Crippen molar-refractivity contribution in [1.29, 1.82) is 0 Å². The number of halogens is 1. The highest BCUT2D eigenvalue weighted by atomic mass is 35.5. The molecule has 0 saturated carbocycles. The lowest BCUT2D eigenvalue weighted by Gasteiger charge is -2.15. The Labute approximate surface area is 125 Å². The van der Waals surface area contributed by atoms with Gasteiger partial charge in [0.05, 0.1) is 21.6 Å². The summed E-state index contributed by atoms with van der Waals surface area (Å²) >= 11 is 5.79. The summed E-state index contributed by atoms with van der Waals surface area (Å²) in [6, 6.07) is 3.33. The molecule has 0 fully saturated rings. The van der Waals surface area contributed by atoms with Crippen molar-refractivity contribution in [3.8, 4) is 0 Å². The molecule has 0 N–H and O–H groups in total. The third kappa shape index (κ3) is 4.71. The van der Waals surface area contributed by atoms with Gasteiger partial charge in [-0.3, -0.25) is 10.1 Å². The van der Waals surface area contributed by atoms with Gasteiger partial charge < -0.3 is 9.47 Å². The van der Waals surface area contributed by atoms with Crippen LogP contribution in [0.4, 0.5) is 5.69 Å². The maximum atomic E-state index is 11.9. The van der Waals surface area contributed by atoms with E-state index in [4.69, 9.17) is 21.1 Å². The lowest BCUT2D eigenvalue weighted by Crippen LogP contribution is -2.28. The zero-order chi connectivity index (χ0) is 16.2. The van der Waals surface area contributed by atoms with Gasteiger partial charge >= 0.3 is 11.9 Å². The smallest absolute Gasteiger partial charge is 0.347 e. The van der Waals surface area contributed by atoms with Crippen LogP contribution in [0, 0.1) is 10.1 Å². The number of hydrogen-bond acceptors (Lipinski definition) is 6. The first-order valence-corrected chi connectivity index (χ1v) is 6.45. The summed E-state index contributed by atoms with van der Waals surface area (Å²) in [7, 11) is 0.